The minimum atomic E-state index is -0.591. The summed E-state index contributed by atoms with van der Waals surface area (Å²) >= 11 is 0. The van der Waals surface area contributed by atoms with Crippen LogP contribution in [0.2, 0.25) is 0 Å². The Labute approximate surface area is 177 Å². The molecular weight excluding hydrogens is 397 g/mol. The van der Waals surface area contributed by atoms with Crippen molar-refractivity contribution in [2.45, 2.75) is 0 Å². The summed E-state index contributed by atoms with van der Waals surface area (Å²) in [5.41, 5.74) is 7.00. The first-order valence-electron chi connectivity index (χ1n) is 9.36. The molecule has 154 valence electrons. The molecule has 0 atom stereocenters. The lowest BCUT2D eigenvalue weighted by Gasteiger charge is -2.13. The fourth-order valence-electron chi connectivity index (χ4n) is 2.82. The fraction of sp³-hybridized carbons (Fsp3) is 0. The van der Waals surface area contributed by atoms with Crippen LogP contribution in [-0.4, -0.2) is 15.9 Å². The second-order valence-corrected chi connectivity index (χ2v) is 6.51. The number of halogens is 1. The monoisotopic (exact) mass is 415 g/mol. The van der Waals surface area contributed by atoms with Crippen molar-refractivity contribution in [3.8, 4) is 11.5 Å². The molecule has 8 heteroatoms. The van der Waals surface area contributed by atoms with Crippen LogP contribution in [0.25, 0.3) is 0 Å². The van der Waals surface area contributed by atoms with Crippen molar-refractivity contribution in [2.75, 3.05) is 16.4 Å². The van der Waals surface area contributed by atoms with Gasteiger partial charge in [0.05, 0.1) is 5.56 Å². The average molecular weight is 415 g/mol. The van der Waals surface area contributed by atoms with E-state index in [-0.39, 0.29) is 17.5 Å². The maximum atomic E-state index is 14.6. The van der Waals surface area contributed by atoms with Gasteiger partial charge in [0, 0.05) is 35.9 Å². The van der Waals surface area contributed by atoms with Crippen LogP contribution >= 0.6 is 0 Å². The van der Waals surface area contributed by atoms with E-state index in [1.807, 2.05) is 18.2 Å². The van der Waals surface area contributed by atoms with Gasteiger partial charge in [-0.1, -0.05) is 18.2 Å². The van der Waals surface area contributed by atoms with E-state index in [2.05, 4.69) is 20.6 Å². The summed E-state index contributed by atoms with van der Waals surface area (Å²) in [4.78, 5) is 20.8. The highest BCUT2D eigenvalue weighted by atomic mass is 19.1. The molecule has 0 unspecified atom stereocenters. The minimum Gasteiger partial charge on any atom is -0.454 e. The number of hydrogen-bond acceptors (Lipinski definition) is 6. The lowest BCUT2D eigenvalue weighted by Crippen LogP contribution is -2.14. The first-order chi connectivity index (χ1) is 15.1. The van der Waals surface area contributed by atoms with Gasteiger partial charge in [-0.2, -0.15) is 0 Å². The number of para-hydroxylation sites is 1. The number of rotatable bonds is 6. The topological polar surface area (TPSA) is 102 Å². The third-order valence-corrected chi connectivity index (χ3v) is 4.26. The molecule has 2 aromatic carbocycles. The number of benzene rings is 2. The van der Waals surface area contributed by atoms with Gasteiger partial charge in [0.15, 0.2) is 11.6 Å². The molecule has 4 N–H and O–H groups in total. The summed E-state index contributed by atoms with van der Waals surface area (Å²) in [5.74, 6) is 0.0404. The second kappa shape index (κ2) is 8.91. The lowest BCUT2D eigenvalue weighted by atomic mass is 10.2. The van der Waals surface area contributed by atoms with Gasteiger partial charge in [-0.05, 0) is 42.5 Å². The van der Waals surface area contributed by atoms with Gasteiger partial charge < -0.3 is 21.1 Å². The summed E-state index contributed by atoms with van der Waals surface area (Å²) in [6.45, 7) is 0. The van der Waals surface area contributed by atoms with Crippen molar-refractivity contribution in [3.05, 3.63) is 96.6 Å². The molecule has 4 rings (SSSR count). The highest BCUT2D eigenvalue weighted by Gasteiger charge is 2.14. The van der Waals surface area contributed by atoms with Gasteiger partial charge in [0.25, 0.3) is 5.91 Å². The molecule has 4 aromatic rings. The molecule has 0 saturated heterocycles. The Hall–Kier alpha value is -4.46. The van der Waals surface area contributed by atoms with E-state index in [1.54, 1.807) is 42.6 Å². The number of hydrogen-bond donors (Lipinski definition) is 3. The molecule has 0 saturated carbocycles. The van der Waals surface area contributed by atoms with Crippen molar-refractivity contribution in [1.82, 2.24) is 9.97 Å². The number of nitrogens with two attached hydrogens (primary N) is 1. The number of nitrogen functional groups attached to an aromatic ring is 1. The maximum absolute atomic E-state index is 14.6. The summed E-state index contributed by atoms with van der Waals surface area (Å²) in [7, 11) is 0. The van der Waals surface area contributed by atoms with E-state index in [1.165, 1.54) is 24.4 Å². The number of anilines is 4. The van der Waals surface area contributed by atoms with Gasteiger partial charge in [-0.25, -0.2) is 14.4 Å². The van der Waals surface area contributed by atoms with Crippen LogP contribution in [0.4, 0.5) is 27.4 Å². The van der Waals surface area contributed by atoms with Crippen LogP contribution in [0, 0.1) is 5.82 Å². The first kappa shape index (κ1) is 19.8. The first-order valence-corrected chi connectivity index (χ1v) is 9.36. The second-order valence-electron chi connectivity index (χ2n) is 6.51. The molecule has 0 aliphatic heterocycles. The molecular formula is C23H18FN5O2. The zero-order valence-corrected chi connectivity index (χ0v) is 16.2. The molecule has 0 aliphatic carbocycles. The maximum Gasteiger partial charge on any atom is 0.259 e. The molecule has 1 amide bonds. The van der Waals surface area contributed by atoms with Gasteiger partial charge in [-0.3, -0.25) is 4.79 Å². The van der Waals surface area contributed by atoms with Crippen LogP contribution in [0.15, 0.2) is 85.2 Å². The molecule has 0 spiro atoms. The van der Waals surface area contributed by atoms with Gasteiger partial charge >= 0.3 is 0 Å². The van der Waals surface area contributed by atoms with E-state index in [4.69, 9.17) is 10.5 Å². The third kappa shape index (κ3) is 4.94. The van der Waals surface area contributed by atoms with Crippen LogP contribution in [0.5, 0.6) is 11.5 Å². The number of nitrogens with one attached hydrogen (secondary N) is 2. The van der Waals surface area contributed by atoms with Crippen molar-refractivity contribution in [2.24, 2.45) is 0 Å². The van der Waals surface area contributed by atoms with Crippen molar-refractivity contribution in [1.29, 1.82) is 0 Å². The number of nitrogens with zero attached hydrogens (tertiary/aromatic N) is 2. The SMILES string of the molecule is Nc1cc(Oc2ccc(Nc3ncccc3C(=O)Nc3ccccc3)cc2F)ccn1. The predicted molar refractivity (Wildman–Crippen MR) is 117 cm³/mol. The molecule has 2 heterocycles. The van der Waals surface area contributed by atoms with Crippen LogP contribution in [0.3, 0.4) is 0 Å². The highest BCUT2D eigenvalue weighted by molar-refractivity contribution is 6.07. The number of amides is 1. The predicted octanol–water partition coefficient (Wildman–Crippen LogP) is 4.99. The van der Waals surface area contributed by atoms with Gasteiger partial charge in [-0.15, -0.1) is 0 Å². The zero-order chi connectivity index (χ0) is 21.6. The lowest BCUT2D eigenvalue weighted by molar-refractivity contribution is 0.102. The Kier molecular flexibility index (Phi) is 5.70. The van der Waals surface area contributed by atoms with E-state index >= 15 is 0 Å². The number of aromatic nitrogens is 2. The van der Waals surface area contributed by atoms with Crippen molar-refractivity contribution < 1.29 is 13.9 Å². The van der Waals surface area contributed by atoms with Crippen molar-refractivity contribution in [3.63, 3.8) is 0 Å². The Bertz CT molecular complexity index is 1220. The molecule has 2 aromatic heterocycles. The number of ether oxygens (including phenoxy) is 1. The van der Waals surface area contributed by atoms with E-state index < -0.39 is 5.82 Å². The smallest absolute Gasteiger partial charge is 0.259 e. The summed E-state index contributed by atoms with van der Waals surface area (Å²) in [6.07, 6.45) is 3.02. The normalized spacial score (nSPS) is 10.4. The standard InChI is InChI=1S/C23H18FN5O2/c24-19-13-16(8-9-20(19)31-17-10-12-26-21(25)14-17)28-22-18(7-4-11-27-22)23(30)29-15-5-2-1-3-6-15/h1-14H,(H2,25,26)(H,27,28)(H,29,30). The molecule has 7 nitrogen and oxygen atoms in total. The van der Waals surface area contributed by atoms with Crippen molar-refractivity contribution >= 4 is 28.9 Å². The largest absolute Gasteiger partial charge is 0.454 e. The minimum absolute atomic E-state index is 0.0271. The number of carbonyl (C=O) groups is 1. The molecule has 0 radical (unpaired) electrons. The van der Waals surface area contributed by atoms with Gasteiger partial charge in [0.1, 0.15) is 17.4 Å². The third-order valence-electron chi connectivity index (χ3n) is 4.26. The van der Waals surface area contributed by atoms with E-state index in [0.29, 0.717) is 28.5 Å². The zero-order valence-electron chi connectivity index (χ0n) is 16.2. The van der Waals surface area contributed by atoms with Crippen LogP contribution < -0.4 is 21.1 Å². The summed E-state index contributed by atoms with van der Waals surface area (Å²) in [6, 6.07) is 19.8. The highest BCUT2D eigenvalue weighted by Crippen LogP contribution is 2.28. The van der Waals surface area contributed by atoms with E-state index in [0.717, 1.165) is 0 Å². The van der Waals surface area contributed by atoms with E-state index in [9.17, 15) is 9.18 Å². The average Bonchev–Trinajstić information content (AvgIpc) is 2.77. The molecule has 0 fully saturated rings. The Morgan fingerprint density at radius 3 is 2.52 bits per heavy atom. The van der Waals surface area contributed by atoms with Crippen LogP contribution in [-0.2, 0) is 0 Å². The number of carbonyl (C=O) groups excluding carboxylic acids is 1. The molecule has 0 aliphatic rings. The Balaban J connectivity index is 1.52. The fourth-order valence-corrected chi connectivity index (χ4v) is 2.82. The molecule has 0 bridgehead atoms. The quantitative estimate of drug-likeness (QED) is 0.410. The molecule has 31 heavy (non-hydrogen) atoms. The van der Waals surface area contributed by atoms with Crippen LogP contribution in [0.1, 0.15) is 10.4 Å². The Morgan fingerprint density at radius 1 is 0.903 bits per heavy atom. The van der Waals surface area contributed by atoms with Gasteiger partial charge in [0.2, 0.25) is 0 Å². The number of pyridine rings is 2. The summed E-state index contributed by atoms with van der Waals surface area (Å²) < 4.78 is 20.1. The summed E-state index contributed by atoms with van der Waals surface area (Å²) in [5, 5.41) is 5.79. The Morgan fingerprint density at radius 2 is 1.74 bits per heavy atom.